The Hall–Kier alpha value is -2.68. The second-order valence-corrected chi connectivity index (χ2v) is 6.26. The van der Waals surface area contributed by atoms with E-state index >= 15 is 0 Å². The third kappa shape index (κ3) is 5.40. The third-order valence-electron chi connectivity index (χ3n) is 3.51. The molecule has 0 spiro atoms. The number of ether oxygens (including phenoxy) is 2. The van der Waals surface area contributed by atoms with Crippen molar-refractivity contribution < 1.29 is 27.8 Å². The fourth-order valence-electron chi connectivity index (χ4n) is 2.30. The van der Waals surface area contributed by atoms with Crippen LogP contribution in [0.5, 0.6) is 11.5 Å². The monoisotopic (exact) mass is 442 g/mol. The van der Waals surface area contributed by atoms with E-state index in [1.165, 1.54) is 32.4 Å². The summed E-state index contributed by atoms with van der Waals surface area (Å²) in [5.74, 6) is -1.49. The molecule has 9 heteroatoms. The number of alkyl halides is 2. The Morgan fingerprint density at radius 1 is 1.19 bits per heavy atom. The van der Waals surface area contributed by atoms with Gasteiger partial charge in [-0.3, -0.25) is 9.59 Å². The Kier molecular flexibility index (Phi) is 7.12. The molecule has 0 heterocycles. The van der Waals surface area contributed by atoms with Gasteiger partial charge in [0.05, 0.1) is 24.9 Å². The maximum absolute atomic E-state index is 12.7. The van der Waals surface area contributed by atoms with Crippen LogP contribution in [0.1, 0.15) is 10.4 Å². The number of hydrogen-bond acceptors (Lipinski definition) is 4. The molecule has 6 nitrogen and oxygen atoms in total. The summed E-state index contributed by atoms with van der Waals surface area (Å²) in [7, 11) is 2.66. The lowest BCUT2D eigenvalue weighted by Crippen LogP contribution is -2.35. The fourth-order valence-corrected chi connectivity index (χ4v) is 2.68. The summed E-state index contributed by atoms with van der Waals surface area (Å²) in [6, 6.07) is 11.2. The van der Waals surface area contributed by atoms with Crippen molar-refractivity contribution in [2.24, 2.45) is 0 Å². The van der Waals surface area contributed by atoms with Crippen LogP contribution in [-0.4, -0.2) is 44.0 Å². The average Bonchev–Trinajstić information content (AvgIpc) is 2.62. The maximum atomic E-state index is 12.7. The number of halogens is 3. The minimum absolute atomic E-state index is 0.00721. The highest BCUT2D eigenvalue weighted by Crippen LogP contribution is 2.33. The van der Waals surface area contributed by atoms with Gasteiger partial charge in [-0.1, -0.05) is 18.2 Å². The minimum Gasteiger partial charge on any atom is -0.493 e. The van der Waals surface area contributed by atoms with Crippen molar-refractivity contribution in [1.29, 1.82) is 0 Å². The zero-order chi connectivity index (χ0) is 20.0. The first-order valence-electron chi connectivity index (χ1n) is 7.75. The zero-order valence-electron chi connectivity index (χ0n) is 14.5. The molecule has 0 bridgehead atoms. The summed E-state index contributed by atoms with van der Waals surface area (Å²) >= 11 is 3.31. The molecule has 0 fully saturated rings. The van der Waals surface area contributed by atoms with Gasteiger partial charge in [0.2, 0.25) is 5.91 Å². The van der Waals surface area contributed by atoms with Crippen molar-refractivity contribution in [3.05, 3.63) is 52.5 Å². The molecule has 0 aliphatic heterocycles. The van der Waals surface area contributed by atoms with Crippen LogP contribution >= 0.6 is 15.9 Å². The number of benzene rings is 2. The van der Waals surface area contributed by atoms with Gasteiger partial charge in [0.15, 0.2) is 11.5 Å². The van der Waals surface area contributed by atoms with Crippen LogP contribution in [0.15, 0.2) is 46.9 Å². The Morgan fingerprint density at radius 3 is 2.52 bits per heavy atom. The first kappa shape index (κ1) is 20.6. The van der Waals surface area contributed by atoms with Crippen molar-refractivity contribution in [3.8, 4) is 11.5 Å². The topological polar surface area (TPSA) is 67.9 Å². The number of anilines is 1. The summed E-state index contributed by atoms with van der Waals surface area (Å²) in [6.45, 7) is -3.41. The Labute approximate surface area is 163 Å². The molecule has 0 aliphatic rings. The molecule has 1 N–H and O–H groups in total. The Bertz CT molecular complexity index is 833. The van der Waals surface area contributed by atoms with Crippen LogP contribution in [0.2, 0.25) is 0 Å². The SMILES string of the molecule is COc1cccc(C(=O)N(C)CC(=O)Nc2ccccc2Br)c1OC(F)F. The number of likely N-dealkylation sites (N-methyl/N-ethyl adjacent to an activating group) is 1. The van der Waals surface area contributed by atoms with Crippen molar-refractivity contribution in [3.63, 3.8) is 0 Å². The van der Waals surface area contributed by atoms with E-state index in [1.807, 2.05) is 0 Å². The first-order chi connectivity index (χ1) is 12.8. The standard InChI is InChI=1S/C18H17BrF2N2O4/c1-23(10-15(24)22-13-8-4-3-7-12(13)19)17(25)11-6-5-9-14(26-2)16(11)27-18(20)21/h3-9,18H,10H2,1-2H3,(H,22,24). The van der Waals surface area contributed by atoms with Crippen LogP contribution in [0.3, 0.4) is 0 Å². The molecule has 0 aromatic heterocycles. The Balaban J connectivity index is 2.15. The number of para-hydroxylation sites is 2. The molecule has 0 unspecified atom stereocenters. The van der Waals surface area contributed by atoms with Crippen molar-refractivity contribution in [2.45, 2.75) is 6.61 Å². The quantitative estimate of drug-likeness (QED) is 0.708. The van der Waals surface area contributed by atoms with Crippen molar-refractivity contribution in [1.82, 2.24) is 4.90 Å². The van der Waals surface area contributed by atoms with E-state index in [4.69, 9.17) is 4.74 Å². The second kappa shape index (κ2) is 9.31. The van der Waals surface area contributed by atoms with Gasteiger partial charge in [0, 0.05) is 11.5 Å². The smallest absolute Gasteiger partial charge is 0.387 e. The van der Waals surface area contributed by atoms with Gasteiger partial charge >= 0.3 is 6.61 Å². The lowest BCUT2D eigenvalue weighted by molar-refractivity contribution is -0.116. The van der Waals surface area contributed by atoms with E-state index in [1.54, 1.807) is 24.3 Å². The summed E-state index contributed by atoms with van der Waals surface area (Å²) in [5.41, 5.74) is 0.414. The lowest BCUT2D eigenvalue weighted by Gasteiger charge is -2.20. The van der Waals surface area contributed by atoms with Crippen molar-refractivity contribution >= 4 is 33.4 Å². The van der Waals surface area contributed by atoms with Crippen LogP contribution in [0.25, 0.3) is 0 Å². The van der Waals surface area contributed by atoms with Gasteiger partial charge in [0.25, 0.3) is 5.91 Å². The van der Waals surface area contributed by atoms with Crippen LogP contribution in [0.4, 0.5) is 14.5 Å². The summed E-state index contributed by atoms with van der Waals surface area (Å²) in [5, 5.41) is 2.66. The van der Waals surface area contributed by atoms with E-state index in [-0.39, 0.29) is 23.6 Å². The highest BCUT2D eigenvalue weighted by molar-refractivity contribution is 9.10. The number of methoxy groups -OCH3 is 1. The predicted molar refractivity (Wildman–Crippen MR) is 99.4 cm³/mol. The van der Waals surface area contributed by atoms with Crippen LogP contribution in [-0.2, 0) is 4.79 Å². The molecule has 2 amide bonds. The Morgan fingerprint density at radius 2 is 1.89 bits per heavy atom. The summed E-state index contributed by atoms with van der Waals surface area (Å²) in [4.78, 5) is 25.9. The number of carbonyl (C=O) groups excluding carboxylic acids is 2. The highest BCUT2D eigenvalue weighted by Gasteiger charge is 2.23. The molecule has 0 atom stereocenters. The molecule has 0 saturated carbocycles. The number of carbonyl (C=O) groups is 2. The molecule has 0 radical (unpaired) electrons. The van der Waals surface area contributed by atoms with Crippen LogP contribution in [0, 0.1) is 0 Å². The van der Waals surface area contributed by atoms with E-state index in [0.29, 0.717) is 10.2 Å². The highest BCUT2D eigenvalue weighted by atomic mass is 79.9. The molecular formula is C18H17BrF2N2O4. The van der Waals surface area contributed by atoms with Crippen molar-refractivity contribution in [2.75, 3.05) is 26.0 Å². The van der Waals surface area contributed by atoms with Gasteiger partial charge in [-0.2, -0.15) is 8.78 Å². The number of nitrogens with zero attached hydrogens (tertiary/aromatic N) is 1. The molecule has 2 rings (SSSR count). The molecule has 2 aromatic carbocycles. The summed E-state index contributed by atoms with van der Waals surface area (Å²) < 4.78 is 35.5. The number of amides is 2. The fraction of sp³-hybridized carbons (Fsp3) is 0.222. The van der Waals surface area contributed by atoms with E-state index < -0.39 is 18.4 Å². The van der Waals surface area contributed by atoms with Gasteiger partial charge in [-0.15, -0.1) is 0 Å². The third-order valence-corrected chi connectivity index (χ3v) is 4.20. The van der Waals surface area contributed by atoms with E-state index in [9.17, 15) is 18.4 Å². The minimum atomic E-state index is -3.13. The first-order valence-corrected chi connectivity index (χ1v) is 8.54. The molecule has 0 aliphatic carbocycles. The van der Waals surface area contributed by atoms with E-state index in [0.717, 1.165) is 4.90 Å². The van der Waals surface area contributed by atoms with Gasteiger partial charge < -0.3 is 19.7 Å². The average molecular weight is 443 g/mol. The zero-order valence-corrected chi connectivity index (χ0v) is 16.1. The second-order valence-electron chi connectivity index (χ2n) is 5.40. The van der Waals surface area contributed by atoms with Gasteiger partial charge in [0.1, 0.15) is 0 Å². The van der Waals surface area contributed by atoms with E-state index in [2.05, 4.69) is 26.0 Å². The van der Waals surface area contributed by atoms with Gasteiger partial charge in [-0.05, 0) is 40.2 Å². The largest absolute Gasteiger partial charge is 0.493 e. The number of rotatable bonds is 7. The van der Waals surface area contributed by atoms with Crippen LogP contribution < -0.4 is 14.8 Å². The number of hydrogen-bond donors (Lipinski definition) is 1. The molecule has 2 aromatic rings. The number of nitrogens with one attached hydrogen (secondary N) is 1. The van der Waals surface area contributed by atoms with Gasteiger partial charge in [-0.25, -0.2) is 0 Å². The molecule has 0 saturated heterocycles. The lowest BCUT2D eigenvalue weighted by atomic mass is 10.1. The molecular weight excluding hydrogens is 426 g/mol. The predicted octanol–water partition coefficient (Wildman–Crippen LogP) is 3.77. The normalized spacial score (nSPS) is 10.4. The summed E-state index contributed by atoms with van der Waals surface area (Å²) in [6.07, 6.45) is 0. The molecule has 144 valence electrons. The maximum Gasteiger partial charge on any atom is 0.387 e. The molecule has 27 heavy (non-hydrogen) atoms.